The molecular weight excluding hydrogens is 469 g/mol. The standard InChI is InChI=1S/C26H23ClFN5O2/c1-16-13-29-26(30-21-7-5-20(28)6-8-21)31-24(16)18-12-22-25(35)33(10-9-32(22)14-18)23(15-34)17-3-2-4-19(27)11-17/h2-8,11-14,23,34H,9-10,15H2,1H3,(H,29,30,31)/t23-/m1/s1. The van der Waals surface area contributed by atoms with Crippen LogP contribution in [0.1, 0.15) is 27.7 Å². The number of carbonyl (C=O) groups excluding carboxylic acids is 1. The molecule has 3 heterocycles. The predicted molar refractivity (Wildman–Crippen MR) is 132 cm³/mol. The Kier molecular flexibility index (Phi) is 6.23. The smallest absolute Gasteiger partial charge is 0.271 e. The highest BCUT2D eigenvalue weighted by Crippen LogP contribution is 2.31. The van der Waals surface area contributed by atoms with Crippen LogP contribution in [0.3, 0.4) is 0 Å². The van der Waals surface area contributed by atoms with E-state index in [4.69, 9.17) is 11.6 Å². The van der Waals surface area contributed by atoms with Crippen molar-refractivity contribution in [3.63, 3.8) is 0 Å². The molecule has 1 aliphatic heterocycles. The van der Waals surface area contributed by atoms with Gasteiger partial charge in [-0.25, -0.2) is 14.4 Å². The first-order valence-corrected chi connectivity index (χ1v) is 11.5. The van der Waals surface area contributed by atoms with Gasteiger partial charge in [-0.3, -0.25) is 4.79 Å². The zero-order valence-corrected chi connectivity index (χ0v) is 19.7. The normalized spacial score (nSPS) is 14.1. The van der Waals surface area contributed by atoms with E-state index in [0.717, 1.165) is 16.7 Å². The van der Waals surface area contributed by atoms with Gasteiger partial charge in [0.25, 0.3) is 5.91 Å². The Morgan fingerprint density at radius 1 is 1.17 bits per heavy atom. The summed E-state index contributed by atoms with van der Waals surface area (Å²) in [6.07, 6.45) is 3.62. The third-order valence-corrected chi connectivity index (χ3v) is 6.32. The lowest BCUT2D eigenvalue weighted by molar-refractivity contribution is 0.0526. The van der Waals surface area contributed by atoms with Gasteiger partial charge in [0.2, 0.25) is 5.95 Å². The van der Waals surface area contributed by atoms with Gasteiger partial charge in [0.1, 0.15) is 11.5 Å². The maximum atomic E-state index is 13.4. The fourth-order valence-corrected chi connectivity index (χ4v) is 4.52. The fourth-order valence-electron chi connectivity index (χ4n) is 4.32. The molecule has 1 amide bonds. The van der Waals surface area contributed by atoms with E-state index in [9.17, 15) is 14.3 Å². The van der Waals surface area contributed by atoms with Gasteiger partial charge in [-0.2, -0.15) is 0 Å². The average Bonchev–Trinajstić information content (AvgIpc) is 3.29. The number of carbonyl (C=O) groups is 1. The third-order valence-electron chi connectivity index (χ3n) is 6.09. The number of rotatable bonds is 6. The zero-order chi connectivity index (χ0) is 24.5. The first-order chi connectivity index (χ1) is 16.9. The van der Waals surface area contributed by atoms with Crippen LogP contribution in [0.25, 0.3) is 11.3 Å². The van der Waals surface area contributed by atoms with Gasteiger partial charge in [-0.15, -0.1) is 0 Å². The second-order valence-corrected chi connectivity index (χ2v) is 8.85. The highest BCUT2D eigenvalue weighted by atomic mass is 35.5. The molecule has 1 atom stereocenters. The minimum absolute atomic E-state index is 0.169. The van der Waals surface area contributed by atoms with Crippen LogP contribution in [0, 0.1) is 12.7 Å². The SMILES string of the molecule is Cc1cnc(Nc2ccc(F)cc2)nc1-c1cc2n(c1)CCN([C@H](CO)c1cccc(Cl)c1)C2=O. The minimum atomic E-state index is -0.486. The molecule has 2 aromatic carbocycles. The summed E-state index contributed by atoms with van der Waals surface area (Å²) < 4.78 is 15.1. The van der Waals surface area contributed by atoms with Crippen molar-refractivity contribution in [1.29, 1.82) is 0 Å². The number of aliphatic hydroxyl groups is 1. The summed E-state index contributed by atoms with van der Waals surface area (Å²) in [6.45, 7) is 2.74. The second-order valence-electron chi connectivity index (χ2n) is 8.42. The molecule has 2 aromatic heterocycles. The van der Waals surface area contributed by atoms with Crippen LogP contribution in [-0.4, -0.2) is 43.6 Å². The number of aromatic nitrogens is 3. The molecule has 0 saturated heterocycles. The van der Waals surface area contributed by atoms with E-state index in [2.05, 4.69) is 15.3 Å². The van der Waals surface area contributed by atoms with Crippen molar-refractivity contribution < 1.29 is 14.3 Å². The first kappa shape index (κ1) is 23.0. The molecule has 0 fully saturated rings. The lowest BCUT2D eigenvalue weighted by atomic mass is 10.0. The van der Waals surface area contributed by atoms with E-state index in [-0.39, 0.29) is 18.3 Å². The summed E-state index contributed by atoms with van der Waals surface area (Å²) in [7, 11) is 0. The number of hydrogen-bond acceptors (Lipinski definition) is 5. The van der Waals surface area contributed by atoms with Crippen LogP contribution < -0.4 is 5.32 Å². The topological polar surface area (TPSA) is 83.3 Å². The molecule has 7 nitrogen and oxygen atoms in total. The van der Waals surface area contributed by atoms with Crippen molar-refractivity contribution in [2.75, 3.05) is 18.5 Å². The van der Waals surface area contributed by atoms with Crippen LogP contribution in [0.5, 0.6) is 0 Å². The van der Waals surface area contributed by atoms with Crippen LogP contribution in [0.2, 0.25) is 5.02 Å². The number of halogens is 2. The number of nitrogens with zero attached hydrogens (tertiary/aromatic N) is 4. The number of aryl methyl sites for hydroxylation is 1. The number of aliphatic hydroxyl groups excluding tert-OH is 1. The maximum absolute atomic E-state index is 13.4. The summed E-state index contributed by atoms with van der Waals surface area (Å²) in [5, 5.41) is 13.7. The van der Waals surface area contributed by atoms with Crippen LogP contribution in [0.15, 0.2) is 67.0 Å². The molecule has 0 aliphatic carbocycles. The highest BCUT2D eigenvalue weighted by molar-refractivity contribution is 6.30. The van der Waals surface area contributed by atoms with Crippen molar-refractivity contribution in [3.05, 3.63) is 94.7 Å². The van der Waals surface area contributed by atoms with Gasteiger partial charge >= 0.3 is 0 Å². The number of benzene rings is 2. The van der Waals surface area contributed by atoms with E-state index in [1.54, 1.807) is 35.4 Å². The minimum Gasteiger partial charge on any atom is -0.394 e. The molecule has 0 saturated carbocycles. The summed E-state index contributed by atoms with van der Waals surface area (Å²) in [5.74, 6) is -0.119. The van der Waals surface area contributed by atoms with E-state index < -0.39 is 6.04 Å². The molecule has 0 bridgehead atoms. The molecule has 9 heteroatoms. The lowest BCUT2D eigenvalue weighted by Crippen LogP contribution is -2.43. The summed E-state index contributed by atoms with van der Waals surface area (Å²) >= 11 is 6.14. The number of anilines is 2. The molecule has 0 radical (unpaired) electrons. The Morgan fingerprint density at radius 3 is 2.71 bits per heavy atom. The molecule has 4 aromatic rings. The molecule has 1 aliphatic rings. The first-order valence-electron chi connectivity index (χ1n) is 11.2. The summed E-state index contributed by atoms with van der Waals surface area (Å²) in [6, 6.07) is 14.5. The van der Waals surface area contributed by atoms with Gasteiger partial charge < -0.3 is 19.9 Å². The number of nitrogens with one attached hydrogen (secondary N) is 1. The van der Waals surface area contributed by atoms with Crippen molar-refractivity contribution in [1.82, 2.24) is 19.4 Å². The van der Waals surface area contributed by atoms with E-state index >= 15 is 0 Å². The molecule has 0 unspecified atom stereocenters. The largest absolute Gasteiger partial charge is 0.394 e. The summed E-state index contributed by atoms with van der Waals surface area (Å²) in [5.41, 5.74) is 4.32. The maximum Gasteiger partial charge on any atom is 0.271 e. The van der Waals surface area contributed by atoms with Crippen LogP contribution >= 0.6 is 11.6 Å². The molecule has 2 N–H and O–H groups in total. The summed E-state index contributed by atoms with van der Waals surface area (Å²) in [4.78, 5) is 24.1. The Labute approximate surface area is 206 Å². The van der Waals surface area contributed by atoms with Crippen molar-refractivity contribution in [3.8, 4) is 11.3 Å². The zero-order valence-electron chi connectivity index (χ0n) is 18.9. The quantitative estimate of drug-likeness (QED) is 0.397. The van der Waals surface area contributed by atoms with Gasteiger partial charge in [-0.05, 0) is 60.5 Å². The number of amides is 1. The second kappa shape index (κ2) is 9.48. The average molecular weight is 492 g/mol. The third kappa shape index (κ3) is 4.62. The van der Waals surface area contributed by atoms with Gasteiger partial charge in [0, 0.05) is 41.8 Å². The van der Waals surface area contributed by atoms with Gasteiger partial charge in [0.15, 0.2) is 0 Å². The van der Waals surface area contributed by atoms with E-state index in [0.29, 0.717) is 41.1 Å². The van der Waals surface area contributed by atoms with Gasteiger partial charge in [-0.1, -0.05) is 23.7 Å². The molecule has 178 valence electrons. The predicted octanol–water partition coefficient (Wildman–Crippen LogP) is 4.98. The van der Waals surface area contributed by atoms with Crippen molar-refractivity contribution >= 4 is 29.1 Å². The Hall–Kier alpha value is -3.75. The molecular formula is C26H23ClFN5O2. The van der Waals surface area contributed by atoms with Crippen molar-refractivity contribution in [2.45, 2.75) is 19.5 Å². The Balaban J connectivity index is 1.43. The number of fused-ring (bicyclic) bond motifs is 1. The lowest BCUT2D eigenvalue weighted by Gasteiger charge is -2.34. The van der Waals surface area contributed by atoms with Gasteiger partial charge in [0.05, 0.1) is 18.3 Å². The van der Waals surface area contributed by atoms with E-state index in [1.807, 2.05) is 35.9 Å². The van der Waals surface area contributed by atoms with Crippen molar-refractivity contribution in [2.24, 2.45) is 0 Å². The van der Waals surface area contributed by atoms with E-state index in [1.165, 1.54) is 12.1 Å². The Bertz CT molecular complexity index is 1390. The van der Waals surface area contributed by atoms with Crippen LogP contribution in [-0.2, 0) is 6.54 Å². The number of hydrogen-bond donors (Lipinski definition) is 2. The highest BCUT2D eigenvalue weighted by Gasteiger charge is 2.32. The fraction of sp³-hybridized carbons (Fsp3) is 0.192. The van der Waals surface area contributed by atoms with Crippen LogP contribution in [0.4, 0.5) is 16.0 Å². The molecule has 0 spiro atoms. The molecule has 35 heavy (non-hydrogen) atoms. The monoisotopic (exact) mass is 491 g/mol. The Morgan fingerprint density at radius 2 is 1.97 bits per heavy atom. The molecule has 5 rings (SSSR count).